The Morgan fingerprint density at radius 2 is 1.85 bits per heavy atom. The molecule has 4 atom stereocenters. The van der Waals surface area contributed by atoms with Crippen molar-refractivity contribution in [3.8, 4) is 0 Å². The Morgan fingerprint density at radius 3 is 2.30 bits per heavy atom. The van der Waals surface area contributed by atoms with E-state index in [0.717, 1.165) is 25.7 Å². The molecule has 0 bridgehead atoms. The minimum Gasteiger partial charge on any atom is -0.330 e. The van der Waals surface area contributed by atoms with Crippen molar-refractivity contribution in [1.82, 2.24) is 0 Å². The van der Waals surface area contributed by atoms with E-state index in [9.17, 15) is 8.42 Å². The lowest BCUT2D eigenvalue weighted by molar-refractivity contribution is 0.132. The van der Waals surface area contributed by atoms with Crippen molar-refractivity contribution in [3.63, 3.8) is 0 Å². The molecule has 1 aliphatic rings. The van der Waals surface area contributed by atoms with Gasteiger partial charge in [0.1, 0.15) is 0 Å². The molecule has 0 aromatic heterocycles. The number of rotatable bonds is 6. The Hall–Kier alpha value is -0.0900. The average molecular weight is 304 g/mol. The predicted molar refractivity (Wildman–Crippen MR) is 86.4 cm³/mol. The molecule has 0 aromatic carbocycles. The normalized spacial score (nSPS) is 30.2. The Bertz CT molecular complexity index is 403. The van der Waals surface area contributed by atoms with Gasteiger partial charge >= 0.3 is 0 Å². The minimum atomic E-state index is -3.05. The minimum absolute atomic E-state index is 0.151. The van der Waals surface area contributed by atoms with E-state index in [4.69, 9.17) is 5.73 Å². The van der Waals surface area contributed by atoms with Gasteiger partial charge in [0.25, 0.3) is 0 Å². The first-order chi connectivity index (χ1) is 9.20. The first-order valence-corrected chi connectivity index (χ1v) is 9.74. The topological polar surface area (TPSA) is 60.2 Å². The van der Waals surface area contributed by atoms with Gasteiger partial charge in [0.05, 0.1) is 10.5 Å². The van der Waals surface area contributed by atoms with Crippen molar-refractivity contribution >= 4 is 9.84 Å². The van der Waals surface area contributed by atoms with E-state index in [1.807, 2.05) is 13.8 Å². The van der Waals surface area contributed by atoms with Gasteiger partial charge in [0.15, 0.2) is 9.84 Å². The summed E-state index contributed by atoms with van der Waals surface area (Å²) in [5, 5.41) is -0.475. The van der Waals surface area contributed by atoms with Crippen molar-refractivity contribution in [2.75, 3.05) is 6.54 Å². The van der Waals surface area contributed by atoms with Gasteiger partial charge in [-0.1, -0.05) is 34.1 Å². The van der Waals surface area contributed by atoms with Gasteiger partial charge in [-0.2, -0.15) is 0 Å². The number of hydrogen-bond donors (Lipinski definition) is 1. The van der Waals surface area contributed by atoms with Crippen LogP contribution < -0.4 is 5.73 Å². The van der Waals surface area contributed by atoms with Gasteiger partial charge in [-0.3, -0.25) is 0 Å². The summed E-state index contributed by atoms with van der Waals surface area (Å²) in [5.41, 5.74) is 6.08. The van der Waals surface area contributed by atoms with Crippen LogP contribution in [0.2, 0.25) is 0 Å². The van der Waals surface area contributed by atoms with Gasteiger partial charge in [-0.25, -0.2) is 8.42 Å². The maximum atomic E-state index is 12.8. The lowest BCUT2D eigenvalue weighted by Crippen LogP contribution is -2.45. The quantitative estimate of drug-likeness (QED) is 0.818. The third kappa shape index (κ3) is 3.56. The second kappa shape index (κ2) is 6.78. The zero-order chi connectivity index (χ0) is 15.6. The van der Waals surface area contributed by atoms with E-state index in [1.165, 1.54) is 0 Å². The van der Waals surface area contributed by atoms with Gasteiger partial charge in [-0.05, 0) is 56.4 Å². The summed E-state index contributed by atoms with van der Waals surface area (Å²) in [6.45, 7) is 11.0. The highest BCUT2D eigenvalue weighted by Crippen LogP contribution is 2.44. The summed E-state index contributed by atoms with van der Waals surface area (Å²) in [4.78, 5) is 0. The molecule has 0 saturated heterocycles. The SMILES string of the molecule is CCC(C)S(=O)(=O)C1CC(C(C)(C)CC)CCC1CN. The van der Waals surface area contributed by atoms with Crippen LogP contribution in [0.4, 0.5) is 0 Å². The third-order valence-electron chi connectivity index (χ3n) is 5.81. The molecule has 4 heteroatoms. The van der Waals surface area contributed by atoms with E-state index < -0.39 is 9.84 Å². The van der Waals surface area contributed by atoms with E-state index in [2.05, 4.69) is 20.8 Å². The number of hydrogen-bond acceptors (Lipinski definition) is 3. The highest BCUT2D eigenvalue weighted by atomic mass is 32.2. The van der Waals surface area contributed by atoms with Gasteiger partial charge in [-0.15, -0.1) is 0 Å². The molecule has 0 radical (unpaired) electrons. The molecular weight excluding hydrogens is 270 g/mol. The molecule has 0 heterocycles. The number of nitrogens with two attached hydrogens (primary N) is 1. The number of sulfone groups is 1. The molecule has 0 aliphatic heterocycles. The van der Waals surface area contributed by atoms with Crippen LogP contribution in [0.3, 0.4) is 0 Å². The van der Waals surface area contributed by atoms with Crippen LogP contribution in [0, 0.1) is 17.3 Å². The van der Waals surface area contributed by atoms with Crippen molar-refractivity contribution in [2.45, 2.75) is 77.2 Å². The fraction of sp³-hybridized carbons (Fsp3) is 1.00. The fourth-order valence-electron chi connectivity index (χ4n) is 3.39. The Morgan fingerprint density at radius 1 is 1.25 bits per heavy atom. The van der Waals surface area contributed by atoms with E-state index in [1.54, 1.807) is 0 Å². The molecule has 4 unspecified atom stereocenters. The first kappa shape index (κ1) is 18.0. The van der Waals surface area contributed by atoms with Gasteiger partial charge < -0.3 is 5.73 Å². The molecule has 2 N–H and O–H groups in total. The molecule has 1 fully saturated rings. The van der Waals surface area contributed by atoms with Crippen LogP contribution in [0.1, 0.15) is 66.7 Å². The standard InChI is InChI=1S/C16H33NO2S/c1-6-12(3)20(18,19)15-10-14(16(4,5)7-2)9-8-13(15)11-17/h12-15H,6-11,17H2,1-5H3. The molecular formula is C16H33NO2S. The van der Waals surface area contributed by atoms with Crippen LogP contribution in [0.5, 0.6) is 0 Å². The van der Waals surface area contributed by atoms with Crippen LogP contribution in [0.15, 0.2) is 0 Å². The predicted octanol–water partition coefficient (Wildman–Crippen LogP) is 3.38. The highest BCUT2D eigenvalue weighted by Gasteiger charge is 2.43. The zero-order valence-corrected chi connectivity index (χ0v) is 14.7. The molecule has 0 amide bonds. The molecule has 3 nitrogen and oxygen atoms in total. The molecule has 120 valence electrons. The Kier molecular flexibility index (Phi) is 6.09. The summed E-state index contributed by atoms with van der Waals surface area (Å²) in [5.74, 6) is 0.650. The maximum absolute atomic E-state index is 12.8. The van der Waals surface area contributed by atoms with Gasteiger partial charge in [0, 0.05) is 0 Å². The summed E-state index contributed by atoms with van der Waals surface area (Å²) in [7, 11) is -3.05. The monoisotopic (exact) mass is 303 g/mol. The molecule has 0 aromatic rings. The summed E-state index contributed by atoms with van der Waals surface area (Å²) >= 11 is 0. The van der Waals surface area contributed by atoms with E-state index in [-0.39, 0.29) is 21.8 Å². The molecule has 20 heavy (non-hydrogen) atoms. The second-order valence-electron chi connectivity index (χ2n) is 7.19. The lowest BCUT2D eigenvalue weighted by atomic mass is 9.67. The second-order valence-corrected chi connectivity index (χ2v) is 9.78. The van der Waals surface area contributed by atoms with Crippen LogP contribution >= 0.6 is 0 Å². The average Bonchev–Trinajstić information content (AvgIpc) is 2.45. The van der Waals surface area contributed by atoms with E-state index >= 15 is 0 Å². The Balaban J connectivity index is 3.01. The fourth-order valence-corrected chi connectivity index (χ4v) is 5.74. The van der Waals surface area contributed by atoms with Crippen LogP contribution in [-0.4, -0.2) is 25.5 Å². The van der Waals surface area contributed by atoms with Crippen molar-refractivity contribution in [2.24, 2.45) is 23.0 Å². The maximum Gasteiger partial charge on any atom is 0.156 e. The lowest BCUT2D eigenvalue weighted by Gasteiger charge is -2.43. The third-order valence-corrected chi connectivity index (χ3v) is 8.68. The summed E-state index contributed by atoms with van der Waals surface area (Å²) < 4.78 is 25.6. The first-order valence-electron chi connectivity index (χ1n) is 8.13. The zero-order valence-electron chi connectivity index (χ0n) is 13.9. The van der Waals surface area contributed by atoms with E-state index in [0.29, 0.717) is 18.9 Å². The van der Waals surface area contributed by atoms with Crippen molar-refractivity contribution < 1.29 is 8.42 Å². The molecule has 1 saturated carbocycles. The van der Waals surface area contributed by atoms with Crippen molar-refractivity contribution in [1.29, 1.82) is 0 Å². The Labute approximate surface area is 125 Å². The van der Waals surface area contributed by atoms with Crippen LogP contribution in [0.25, 0.3) is 0 Å². The van der Waals surface area contributed by atoms with Gasteiger partial charge in [0.2, 0.25) is 0 Å². The highest BCUT2D eigenvalue weighted by molar-refractivity contribution is 7.92. The van der Waals surface area contributed by atoms with Crippen LogP contribution in [-0.2, 0) is 9.84 Å². The largest absolute Gasteiger partial charge is 0.330 e. The summed E-state index contributed by atoms with van der Waals surface area (Å²) in [6, 6.07) is 0. The molecule has 0 spiro atoms. The molecule has 1 aliphatic carbocycles. The summed E-state index contributed by atoms with van der Waals surface area (Å²) in [6.07, 6.45) is 4.68. The molecule has 1 rings (SSSR count). The van der Waals surface area contributed by atoms with Crippen molar-refractivity contribution in [3.05, 3.63) is 0 Å². The smallest absolute Gasteiger partial charge is 0.156 e.